The lowest BCUT2D eigenvalue weighted by Gasteiger charge is -2.09. The predicted molar refractivity (Wildman–Crippen MR) is 68.2 cm³/mol. The van der Waals surface area contributed by atoms with E-state index in [9.17, 15) is 13.2 Å². The summed E-state index contributed by atoms with van der Waals surface area (Å²) in [6, 6.07) is 5.48. The van der Waals surface area contributed by atoms with Crippen molar-refractivity contribution < 1.29 is 18.3 Å². The van der Waals surface area contributed by atoms with Gasteiger partial charge in [0.05, 0.1) is 21.4 Å². The summed E-state index contributed by atoms with van der Waals surface area (Å²) in [6.07, 6.45) is 0. The van der Waals surface area contributed by atoms with Gasteiger partial charge in [0.15, 0.2) is 0 Å². The molecular weight excluding hydrogens is 292 g/mol. The molecule has 0 fully saturated rings. The van der Waals surface area contributed by atoms with Gasteiger partial charge in [-0.1, -0.05) is 18.5 Å². The number of carboxylic acids is 1. The Bertz CT molecular complexity index is 637. The fourth-order valence-corrected chi connectivity index (χ4v) is 2.60. The Morgan fingerprint density at radius 2 is 2.21 bits per heavy atom. The van der Waals surface area contributed by atoms with Crippen LogP contribution in [-0.2, 0) is 14.8 Å². The van der Waals surface area contributed by atoms with Gasteiger partial charge < -0.3 is 5.11 Å². The van der Waals surface area contributed by atoms with Gasteiger partial charge in [0, 0.05) is 6.54 Å². The molecule has 1 aromatic rings. The third-order valence-electron chi connectivity index (χ3n) is 2.37. The Balaban J connectivity index is 2.93. The zero-order valence-corrected chi connectivity index (χ0v) is 11.5. The van der Waals surface area contributed by atoms with E-state index in [1.54, 1.807) is 0 Å². The molecule has 2 N–H and O–H groups in total. The van der Waals surface area contributed by atoms with Gasteiger partial charge in [0.2, 0.25) is 10.0 Å². The van der Waals surface area contributed by atoms with Crippen LogP contribution in [0.4, 0.5) is 0 Å². The number of benzene rings is 1. The fraction of sp³-hybridized carbons (Fsp3) is 0.273. The second-order valence-corrected chi connectivity index (χ2v) is 6.02. The molecule has 0 aliphatic heterocycles. The average molecular weight is 303 g/mol. The van der Waals surface area contributed by atoms with E-state index < -0.39 is 21.9 Å². The van der Waals surface area contributed by atoms with Gasteiger partial charge in [-0.25, -0.2) is 13.1 Å². The van der Waals surface area contributed by atoms with Crippen molar-refractivity contribution in [3.63, 3.8) is 0 Å². The van der Waals surface area contributed by atoms with E-state index in [1.807, 2.05) is 6.07 Å². The zero-order valence-electron chi connectivity index (χ0n) is 9.92. The van der Waals surface area contributed by atoms with E-state index in [0.29, 0.717) is 0 Å². The molecule has 0 aliphatic rings. The molecule has 6 nitrogen and oxygen atoms in total. The number of carbonyl (C=O) groups is 1. The van der Waals surface area contributed by atoms with E-state index in [2.05, 4.69) is 4.72 Å². The maximum atomic E-state index is 11.9. The van der Waals surface area contributed by atoms with E-state index in [-0.39, 0.29) is 22.0 Å². The maximum Gasteiger partial charge on any atom is 0.307 e. The molecule has 8 heteroatoms. The first-order valence-electron chi connectivity index (χ1n) is 5.20. The first-order valence-corrected chi connectivity index (χ1v) is 7.06. The van der Waals surface area contributed by atoms with Gasteiger partial charge >= 0.3 is 5.97 Å². The number of hydrogen-bond acceptors (Lipinski definition) is 4. The SMILES string of the molecule is CC(CNS(=O)(=O)c1ccc(C#N)c(Cl)c1)C(=O)O. The number of nitriles is 1. The summed E-state index contributed by atoms with van der Waals surface area (Å²) in [5.74, 6) is -1.94. The monoisotopic (exact) mass is 302 g/mol. The number of sulfonamides is 1. The largest absolute Gasteiger partial charge is 0.481 e. The summed E-state index contributed by atoms with van der Waals surface area (Å²) < 4.78 is 25.9. The van der Waals surface area contributed by atoms with Crippen molar-refractivity contribution in [1.82, 2.24) is 4.72 Å². The molecule has 102 valence electrons. The zero-order chi connectivity index (χ0) is 14.6. The number of nitrogens with one attached hydrogen (secondary N) is 1. The molecule has 1 aromatic carbocycles. The van der Waals surface area contributed by atoms with Crippen molar-refractivity contribution in [2.24, 2.45) is 5.92 Å². The van der Waals surface area contributed by atoms with Crippen LogP contribution in [0, 0.1) is 17.2 Å². The molecule has 0 amide bonds. The molecule has 0 radical (unpaired) electrons. The van der Waals surface area contributed by atoms with E-state index >= 15 is 0 Å². The van der Waals surface area contributed by atoms with Crippen molar-refractivity contribution >= 4 is 27.6 Å². The van der Waals surface area contributed by atoms with Crippen LogP contribution in [0.25, 0.3) is 0 Å². The Kier molecular flexibility index (Phi) is 4.89. The van der Waals surface area contributed by atoms with E-state index in [4.69, 9.17) is 22.0 Å². The highest BCUT2D eigenvalue weighted by Crippen LogP contribution is 2.20. The summed E-state index contributed by atoms with van der Waals surface area (Å²) in [7, 11) is -3.84. The van der Waals surface area contributed by atoms with Gasteiger partial charge in [0.1, 0.15) is 6.07 Å². The third kappa shape index (κ3) is 3.92. The molecule has 1 rings (SSSR count). The quantitative estimate of drug-likeness (QED) is 0.850. The number of hydrogen-bond donors (Lipinski definition) is 2. The second-order valence-electron chi connectivity index (χ2n) is 3.84. The lowest BCUT2D eigenvalue weighted by molar-refractivity contribution is -0.140. The minimum Gasteiger partial charge on any atom is -0.481 e. The van der Waals surface area contributed by atoms with Crippen molar-refractivity contribution in [3.8, 4) is 6.07 Å². The Morgan fingerprint density at radius 1 is 1.58 bits per heavy atom. The summed E-state index contributed by atoms with van der Waals surface area (Å²) >= 11 is 5.74. The van der Waals surface area contributed by atoms with Gasteiger partial charge in [-0.2, -0.15) is 5.26 Å². The first kappa shape index (κ1) is 15.4. The highest BCUT2D eigenvalue weighted by Gasteiger charge is 2.19. The topological polar surface area (TPSA) is 107 Å². The minimum absolute atomic E-state index is 0.0247. The van der Waals surface area contributed by atoms with E-state index in [0.717, 1.165) is 6.07 Å². The Labute approximate surface area is 115 Å². The van der Waals surface area contributed by atoms with Crippen molar-refractivity contribution in [1.29, 1.82) is 5.26 Å². The van der Waals surface area contributed by atoms with Crippen LogP contribution >= 0.6 is 11.6 Å². The molecule has 0 bridgehead atoms. The number of carboxylic acid groups (broad SMARTS) is 1. The summed E-state index contributed by atoms with van der Waals surface area (Å²) in [5, 5.41) is 17.4. The third-order valence-corrected chi connectivity index (χ3v) is 4.11. The van der Waals surface area contributed by atoms with Crippen LogP contribution in [0.2, 0.25) is 5.02 Å². The predicted octanol–water partition coefficient (Wildman–Crippen LogP) is 1.21. The number of nitrogens with zero attached hydrogens (tertiary/aromatic N) is 1. The lowest BCUT2D eigenvalue weighted by atomic mass is 10.2. The Hall–Kier alpha value is -1.62. The van der Waals surface area contributed by atoms with Gasteiger partial charge in [-0.05, 0) is 18.2 Å². The standard InChI is InChI=1S/C11H11ClN2O4S/c1-7(11(15)16)6-14-19(17,18)9-3-2-8(5-13)10(12)4-9/h2-4,7,14H,6H2,1H3,(H,15,16). The molecule has 1 atom stereocenters. The number of halogens is 1. The number of rotatable bonds is 5. The van der Waals surface area contributed by atoms with Crippen molar-refractivity contribution in [2.45, 2.75) is 11.8 Å². The molecule has 19 heavy (non-hydrogen) atoms. The van der Waals surface area contributed by atoms with Crippen molar-refractivity contribution in [3.05, 3.63) is 28.8 Å². The molecule has 0 aromatic heterocycles. The molecule has 0 spiro atoms. The molecular formula is C11H11ClN2O4S. The average Bonchev–Trinajstić information content (AvgIpc) is 2.35. The van der Waals surface area contributed by atoms with Crippen LogP contribution in [0.1, 0.15) is 12.5 Å². The van der Waals surface area contributed by atoms with Gasteiger partial charge in [-0.15, -0.1) is 0 Å². The smallest absolute Gasteiger partial charge is 0.307 e. The van der Waals surface area contributed by atoms with Gasteiger partial charge in [0.25, 0.3) is 0 Å². The first-order chi connectivity index (χ1) is 8.77. The van der Waals surface area contributed by atoms with Crippen LogP contribution in [0.3, 0.4) is 0 Å². The van der Waals surface area contributed by atoms with Crippen LogP contribution in [-0.4, -0.2) is 26.0 Å². The van der Waals surface area contributed by atoms with Crippen molar-refractivity contribution in [2.75, 3.05) is 6.54 Å². The minimum atomic E-state index is -3.84. The summed E-state index contributed by atoms with van der Waals surface area (Å²) in [6.45, 7) is 1.16. The molecule has 0 saturated heterocycles. The summed E-state index contributed by atoms with van der Waals surface area (Å²) in [4.78, 5) is 10.5. The number of aliphatic carboxylic acids is 1. The lowest BCUT2D eigenvalue weighted by Crippen LogP contribution is -2.31. The van der Waals surface area contributed by atoms with Crippen LogP contribution < -0.4 is 4.72 Å². The molecule has 0 saturated carbocycles. The second kappa shape index (κ2) is 6.02. The normalized spacial score (nSPS) is 12.7. The van der Waals surface area contributed by atoms with Crippen LogP contribution in [0.5, 0.6) is 0 Å². The molecule has 0 aliphatic carbocycles. The molecule has 0 heterocycles. The fourth-order valence-electron chi connectivity index (χ4n) is 1.16. The van der Waals surface area contributed by atoms with Crippen LogP contribution in [0.15, 0.2) is 23.1 Å². The van der Waals surface area contributed by atoms with E-state index in [1.165, 1.54) is 19.1 Å². The Morgan fingerprint density at radius 3 is 2.68 bits per heavy atom. The summed E-state index contributed by atoms with van der Waals surface area (Å²) in [5.41, 5.74) is 0.166. The maximum absolute atomic E-state index is 11.9. The highest BCUT2D eigenvalue weighted by molar-refractivity contribution is 7.89. The molecule has 1 unspecified atom stereocenters. The highest BCUT2D eigenvalue weighted by atomic mass is 35.5. The van der Waals surface area contributed by atoms with Gasteiger partial charge in [-0.3, -0.25) is 4.79 Å².